The summed E-state index contributed by atoms with van der Waals surface area (Å²) < 4.78 is 0.951. The van der Waals surface area contributed by atoms with E-state index in [1.54, 1.807) is 11.3 Å². The minimum Gasteiger partial charge on any atom is -0.327 e. The Kier molecular flexibility index (Phi) is 1.82. The Morgan fingerprint density at radius 3 is 2.58 bits per heavy atom. The summed E-state index contributed by atoms with van der Waals surface area (Å²) in [5.74, 6) is 0.458. The quantitative estimate of drug-likeness (QED) is 0.827. The summed E-state index contributed by atoms with van der Waals surface area (Å²) in [4.78, 5) is 4.37. The van der Waals surface area contributed by atoms with Crippen molar-refractivity contribution >= 4 is 27.3 Å². The fourth-order valence-corrected chi connectivity index (χ4v) is 2.71. The maximum absolute atomic E-state index is 5.93. The predicted octanol–water partition coefficient (Wildman–Crippen LogP) is 2.36. The van der Waals surface area contributed by atoms with Gasteiger partial charge < -0.3 is 5.73 Å². The molecule has 0 aliphatic heterocycles. The third-order valence-corrected chi connectivity index (χ3v) is 4.11. The van der Waals surface area contributed by atoms with E-state index in [0.29, 0.717) is 5.92 Å². The fraction of sp³-hybridized carbons (Fsp3) is 0.625. The van der Waals surface area contributed by atoms with Crippen LogP contribution in [0.3, 0.4) is 0 Å². The van der Waals surface area contributed by atoms with Gasteiger partial charge in [0, 0.05) is 17.3 Å². The van der Waals surface area contributed by atoms with Crippen molar-refractivity contribution in [2.24, 2.45) is 11.1 Å². The molecule has 1 heterocycles. The van der Waals surface area contributed by atoms with Gasteiger partial charge in [0.05, 0.1) is 5.69 Å². The molecule has 1 aliphatic rings. The topological polar surface area (TPSA) is 38.9 Å². The van der Waals surface area contributed by atoms with E-state index in [0.717, 1.165) is 9.61 Å². The molecule has 2 N–H and O–H groups in total. The molecule has 0 radical (unpaired) electrons. The Bertz CT molecular complexity index is 308. The fourth-order valence-electron chi connectivity index (χ4n) is 1.65. The first kappa shape index (κ1) is 8.66. The molecule has 1 fully saturated rings. The first-order valence-electron chi connectivity index (χ1n) is 3.90. The van der Waals surface area contributed by atoms with Gasteiger partial charge in [-0.3, -0.25) is 0 Å². The Morgan fingerprint density at radius 1 is 1.67 bits per heavy atom. The largest absolute Gasteiger partial charge is 0.327 e. The highest BCUT2D eigenvalue weighted by Crippen LogP contribution is 2.57. The highest BCUT2D eigenvalue weighted by Gasteiger charge is 2.57. The Hall–Kier alpha value is 0.0700. The first-order valence-corrected chi connectivity index (χ1v) is 5.57. The SMILES string of the molecule is CC1(C)C(N)C1c1csc(Br)n1. The van der Waals surface area contributed by atoms with Gasteiger partial charge in [0.15, 0.2) is 3.92 Å². The van der Waals surface area contributed by atoms with Gasteiger partial charge in [-0.15, -0.1) is 11.3 Å². The van der Waals surface area contributed by atoms with Gasteiger partial charge >= 0.3 is 0 Å². The molecule has 66 valence electrons. The smallest absolute Gasteiger partial charge is 0.159 e. The molecule has 1 aromatic rings. The minimum atomic E-state index is 0.244. The Labute approximate surface area is 84.3 Å². The van der Waals surface area contributed by atoms with Crippen LogP contribution in [0.15, 0.2) is 9.30 Å². The second kappa shape index (κ2) is 2.53. The van der Waals surface area contributed by atoms with Gasteiger partial charge in [0.1, 0.15) is 0 Å². The molecule has 2 atom stereocenters. The number of hydrogen-bond donors (Lipinski definition) is 1. The molecule has 0 aromatic carbocycles. The molecule has 1 saturated carbocycles. The number of halogens is 1. The number of thiazole rings is 1. The van der Waals surface area contributed by atoms with E-state index < -0.39 is 0 Å². The van der Waals surface area contributed by atoms with Crippen molar-refractivity contribution in [3.8, 4) is 0 Å². The lowest BCUT2D eigenvalue weighted by Gasteiger charge is -1.96. The van der Waals surface area contributed by atoms with E-state index in [-0.39, 0.29) is 11.5 Å². The molecule has 1 aliphatic carbocycles. The second-order valence-corrected chi connectivity index (χ2v) is 5.98. The molecular formula is C8H11BrN2S. The van der Waals surface area contributed by atoms with Crippen molar-refractivity contribution in [2.45, 2.75) is 25.8 Å². The summed E-state index contributed by atoms with van der Waals surface area (Å²) in [6, 6.07) is 0.284. The van der Waals surface area contributed by atoms with Crippen molar-refractivity contribution < 1.29 is 0 Å². The predicted molar refractivity (Wildman–Crippen MR) is 54.3 cm³/mol. The zero-order valence-electron chi connectivity index (χ0n) is 7.04. The summed E-state index contributed by atoms with van der Waals surface area (Å²) in [6.07, 6.45) is 0. The summed E-state index contributed by atoms with van der Waals surface area (Å²) in [5.41, 5.74) is 7.32. The van der Waals surface area contributed by atoms with E-state index in [1.165, 1.54) is 0 Å². The zero-order valence-corrected chi connectivity index (χ0v) is 9.45. The maximum Gasteiger partial charge on any atom is 0.159 e. The van der Waals surface area contributed by atoms with Crippen LogP contribution in [0.25, 0.3) is 0 Å². The molecule has 2 rings (SSSR count). The van der Waals surface area contributed by atoms with Crippen LogP contribution in [0.2, 0.25) is 0 Å². The molecule has 0 saturated heterocycles. The molecule has 0 spiro atoms. The number of nitrogens with two attached hydrogens (primary N) is 1. The van der Waals surface area contributed by atoms with E-state index in [2.05, 4.69) is 40.1 Å². The second-order valence-electron chi connectivity index (χ2n) is 3.85. The Balaban J connectivity index is 2.24. The van der Waals surface area contributed by atoms with Gasteiger partial charge in [0.25, 0.3) is 0 Å². The van der Waals surface area contributed by atoms with Crippen molar-refractivity contribution in [2.75, 3.05) is 0 Å². The molecule has 4 heteroatoms. The Morgan fingerprint density at radius 2 is 2.25 bits per heavy atom. The van der Waals surface area contributed by atoms with Crippen molar-refractivity contribution in [1.29, 1.82) is 0 Å². The molecule has 0 bridgehead atoms. The van der Waals surface area contributed by atoms with Gasteiger partial charge in [0.2, 0.25) is 0 Å². The number of hydrogen-bond acceptors (Lipinski definition) is 3. The van der Waals surface area contributed by atoms with E-state index >= 15 is 0 Å². The van der Waals surface area contributed by atoms with Crippen molar-refractivity contribution in [3.05, 3.63) is 15.0 Å². The van der Waals surface area contributed by atoms with E-state index in [9.17, 15) is 0 Å². The van der Waals surface area contributed by atoms with Gasteiger partial charge in [-0.25, -0.2) is 4.98 Å². The van der Waals surface area contributed by atoms with Crippen molar-refractivity contribution in [1.82, 2.24) is 4.98 Å². The average Bonchev–Trinajstić information content (AvgIpc) is 2.38. The first-order chi connectivity index (χ1) is 5.53. The third kappa shape index (κ3) is 1.13. The maximum atomic E-state index is 5.93. The van der Waals surface area contributed by atoms with Crippen LogP contribution in [-0.4, -0.2) is 11.0 Å². The number of nitrogens with zero attached hydrogens (tertiary/aromatic N) is 1. The van der Waals surface area contributed by atoms with Crippen LogP contribution >= 0.6 is 27.3 Å². The van der Waals surface area contributed by atoms with Gasteiger partial charge in [-0.05, 0) is 21.3 Å². The van der Waals surface area contributed by atoms with Crippen LogP contribution in [0.5, 0.6) is 0 Å². The lowest BCUT2D eigenvalue weighted by molar-refractivity contribution is 0.596. The lowest BCUT2D eigenvalue weighted by Crippen LogP contribution is -2.06. The molecule has 2 unspecified atom stereocenters. The van der Waals surface area contributed by atoms with Crippen LogP contribution in [-0.2, 0) is 0 Å². The summed E-state index contributed by atoms with van der Waals surface area (Å²) in [5, 5.41) is 2.09. The molecule has 12 heavy (non-hydrogen) atoms. The molecular weight excluding hydrogens is 236 g/mol. The summed E-state index contributed by atoms with van der Waals surface area (Å²) in [6.45, 7) is 4.38. The highest BCUT2D eigenvalue weighted by molar-refractivity contribution is 9.11. The van der Waals surface area contributed by atoms with E-state index in [4.69, 9.17) is 5.73 Å². The minimum absolute atomic E-state index is 0.244. The third-order valence-electron chi connectivity index (χ3n) is 2.72. The summed E-state index contributed by atoms with van der Waals surface area (Å²) >= 11 is 4.98. The van der Waals surface area contributed by atoms with Crippen molar-refractivity contribution in [3.63, 3.8) is 0 Å². The molecule has 0 amide bonds. The summed E-state index contributed by atoms with van der Waals surface area (Å²) in [7, 11) is 0. The normalized spacial score (nSPS) is 32.0. The van der Waals surface area contributed by atoms with Crippen LogP contribution in [0.4, 0.5) is 0 Å². The number of rotatable bonds is 1. The average molecular weight is 247 g/mol. The van der Waals surface area contributed by atoms with Gasteiger partial charge in [-0.2, -0.15) is 0 Å². The zero-order chi connectivity index (χ0) is 8.93. The van der Waals surface area contributed by atoms with Gasteiger partial charge in [-0.1, -0.05) is 13.8 Å². The molecule has 1 aromatic heterocycles. The van der Waals surface area contributed by atoms with E-state index in [1.807, 2.05) is 0 Å². The highest BCUT2D eigenvalue weighted by atomic mass is 79.9. The monoisotopic (exact) mass is 246 g/mol. The van der Waals surface area contributed by atoms with Crippen LogP contribution < -0.4 is 5.73 Å². The van der Waals surface area contributed by atoms with Crippen LogP contribution in [0, 0.1) is 5.41 Å². The standard InChI is InChI=1S/C8H11BrN2S/c1-8(2)5(6(8)10)4-3-12-7(9)11-4/h3,5-6H,10H2,1-2H3. The lowest BCUT2D eigenvalue weighted by atomic mass is 10.1. The molecule has 2 nitrogen and oxygen atoms in total. The van der Waals surface area contributed by atoms with Crippen LogP contribution in [0.1, 0.15) is 25.5 Å². The number of aromatic nitrogens is 1.